The quantitative estimate of drug-likeness (QED) is 0.689. The minimum Gasteiger partial charge on any atom is -0.369 e. The van der Waals surface area contributed by atoms with Gasteiger partial charge in [-0.2, -0.15) is 10.2 Å². The van der Waals surface area contributed by atoms with Crippen molar-refractivity contribution in [3.05, 3.63) is 41.6 Å². The Balaban J connectivity index is 1.80. The van der Waals surface area contributed by atoms with E-state index in [9.17, 15) is 0 Å². The Labute approximate surface area is 166 Å². The number of anilines is 3. The lowest BCUT2D eigenvalue weighted by Crippen LogP contribution is -2.27. The molecular weight excluding hydrogens is 348 g/mol. The Morgan fingerprint density at radius 2 is 2.21 bits per heavy atom. The molecule has 1 aromatic heterocycles. The third kappa shape index (κ3) is 5.45. The molecule has 2 atom stereocenters. The highest BCUT2D eigenvalue weighted by atomic mass is 15.1. The summed E-state index contributed by atoms with van der Waals surface area (Å²) < 4.78 is 0. The van der Waals surface area contributed by atoms with Crippen molar-refractivity contribution in [1.82, 2.24) is 9.97 Å². The molecule has 0 radical (unpaired) electrons. The Hall–Kier alpha value is -3.09. The molecule has 144 valence electrons. The maximum atomic E-state index is 9.05. The molecule has 0 aliphatic heterocycles. The van der Waals surface area contributed by atoms with E-state index in [1.54, 1.807) is 18.3 Å². The van der Waals surface area contributed by atoms with E-state index in [1.165, 1.54) is 0 Å². The van der Waals surface area contributed by atoms with Crippen LogP contribution in [0.15, 0.2) is 30.5 Å². The standard InChI is InChI=1S/C22H26N6/c1-2-11-25-21-18(10-9-16-5-3-7-19(24)12-16)15-26-22(28-21)27-20-8-4-6-17(13-20)14-23/h4,6,8,13,15-16,19H,2-3,5,7,11-12,24H2,1H3,(H2,25,26,27,28)/t16-,19-/m0/s1. The number of benzene rings is 1. The second kappa shape index (κ2) is 9.73. The Bertz CT molecular complexity index is 905. The number of hydrogen-bond acceptors (Lipinski definition) is 6. The molecule has 1 aliphatic carbocycles. The van der Waals surface area contributed by atoms with Crippen LogP contribution < -0.4 is 16.4 Å². The third-order valence-corrected chi connectivity index (χ3v) is 4.70. The second-order valence-corrected chi connectivity index (χ2v) is 7.09. The van der Waals surface area contributed by atoms with Crippen LogP contribution in [0.3, 0.4) is 0 Å². The van der Waals surface area contributed by atoms with Gasteiger partial charge >= 0.3 is 0 Å². The second-order valence-electron chi connectivity index (χ2n) is 7.09. The van der Waals surface area contributed by atoms with Gasteiger partial charge in [-0.05, 0) is 43.9 Å². The summed E-state index contributed by atoms with van der Waals surface area (Å²) in [6, 6.07) is 9.62. The first-order valence-corrected chi connectivity index (χ1v) is 9.83. The number of nitrogens with two attached hydrogens (primary N) is 1. The van der Waals surface area contributed by atoms with Crippen LogP contribution in [0.5, 0.6) is 0 Å². The molecule has 1 aromatic carbocycles. The van der Waals surface area contributed by atoms with E-state index < -0.39 is 0 Å². The maximum absolute atomic E-state index is 9.05. The minimum absolute atomic E-state index is 0.262. The van der Waals surface area contributed by atoms with Crippen molar-refractivity contribution in [2.24, 2.45) is 11.7 Å². The molecule has 0 saturated heterocycles. The van der Waals surface area contributed by atoms with Crippen molar-refractivity contribution in [2.45, 2.75) is 45.1 Å². The zero-order valence-electron chi connectivity index (χ0n) is 16.2. The molecule has 3 rings (SSSR count). The number of nitrogens with one attached hydrogen (secondary N) is 2. The fraction of sp³-hybridized carbons (Fsp3) is 0.409. The molecule has 0 unspecified atom stereocenters. The Morgan fingerprint density at radius 3 is 3.00 bits per heavy atom. The highest BCUT2D eigenvalue weighted by molar-refractivity contribution is 5.60. The van der Waals surface area contributed by atoms with Crippen molar-refractivity contribution in [3.63, 3.8) is 0 Å². The molecule has 4 N–H and O–H groups in total. The molecule has 1 fully saturated rings. The van der Waals surface area contributed by atoms with Crippen molar-refractivity contribution in [3.8, 4) is 17.9 Å². The number of rotatable bonds is 5. The van der Waals surface area contributed by atoms with E-state index >= 15 is 0 Å². The van der Waals surface area contributed by atoms with Crippen LogP contribution in [-0.4, -0.2) is 22.6 Å². The molecule has 1 heterocycles. The van der Waals surface area contributed by atoms with Gasteiger partial charge < -0.3 is 16.4 Å². The molecule has 1 aliphatic rings. The summed E-state index contributed by atoms with van der Waals surface area (Å²) in [4.78, 5) is 9.00. The summed E-state index contributed by atoms with van der Waals surface area (Å²) in [5, 5.41) is 15.5. The van der Waals surface area contributed by atoms with Crippen molar-refractivity contribution in [1.29, 1.82) is 5.26 Å². The third-order valence-electron chi connectivity index (χ3n) is 4.70. The topological polar surface area (TPSA) is 99.6 Å². The first-order chi connectivity index (χ1) is 13.7. The fourth-order valence-electron chi connectivity index (χ4n) is 3.25. The van der Waals surface area contributed by atoms with Crippen LogP contribution in [0, 0.1) is 29.1 Å². The summed E-state index contributed by atoms with van der Waals surface area (Å²) in [6.07, 6.45) is 7.04. The summed E-state index contributed by atoms with van der Waals surface area (Å²) in [6.45, 7) is 2.92. The van der Waals surface area contributed by atoms with Gasteiger partial charge in [0.15, 0.2) is 0 Å². The van der Waals surface area contributed by atoms with Gasteiger partial charge in [-0.3, -0.25) is 0 Å². The predicted molar refractivity (Wildman–Crippen MR) is 112 cm³/mol. The molecule has 1 saturated carbocycles. The van der Waals surface area contributed by atoms with Crippen molar-refractivity contribution >= 4 is 17.5 Å². The average molecular weight is 374 g/mol. The van der Waals surface area contributed by atoms with Gasteiger partial charge in [0, 0.05) is 24.2 Å². The molecule has 6 nitrogen and oxygen atoms in total. The smallest absolute Gasteiger partial charge is 0.229 e. The molecule has 28 heavy (non-hydrogen) atoms. The maximum Gasteiger partial charge on any atom is 0.229 e. The van der Waals surface area contributed by atoms with Crippen LogP contribution in [0.4, 0.5) is 17.5 Å². The van der Waals surface area contributed by atoms with Crippen molar-refractivity contribution < 1.29 is 0 Å². The van der Waals surface area contributed by atoms with Gasteiger partial charge in [0.1, 0.15) is 5.82 Å². The summed E-state index contributed by atoms with van der Waals surface area (Å²) in [5.74, 6) is 8.16. The monoisotopic (exact) mass is 374 g/mol. The zero-order chi connectivity index (χ0) is 19.8. The lowest BCUT2D eigenvalue weighted by Gasteiger charge is -2.22. The van der Waals surface area contributed by atoms with Crippen LogP contribution in [0.1, 0.15) is 50.2 Å². The fourth-order valence-corrected chi connectivity index (χ4v) is 3.25. The van der Waals surface area contributed by atoms with E-state index in [0.29, 0.717) is 17.4 Å². The van der Waals surface area contributed by atoms with E-state index in [4.69, 9.17) is 11.0 Å². The van der Waals surface area contributed by atoms with Gasteiger partial charge in [-0.15, -0.1) is 0 Å². The van der Waals surface area contributed by atoms with Crippen LogP contribution in [0.2, 0.25) is 0 Å². The van der Waals surface area contributed by atoms with Crippen LogP contribution >= 0.6 is 0 Å². The Morgan fingerprint density at radius 1 is 1.32 bits per heavy atom. The normalized spacial score (nSPS) is 18.5. The molecule has 0 amide bonds. The molecule has 2 aromatic rings. The average Bonchev–Trinajstić information content (AvgIpc) is 2.71. The van der Waals surface area contributed by atoms with E-state index in [2.05, 4.69) is 45.4 Å². The number of nitrogens with zero attached hydrogens (tertiary/aromatic N) is 3. The van der Waals surface area contributed by atoms with Crippen molar-refractivity contribution in [2.75, 3.05) is 17.2 Å². The summed E-state index contributed by atoms with van der Waals surface area (Å²) in [5.41, 5.74) is 8.22. The number of aromatic nitrogens is 2. The van der Waals surface area contributed by atoms with Gasteiger partial charge in [-0.25, -0.2) is 4.98 Å². The highest BCUT2D eigenvalue weighted by Gasteiger charge is 2.17. The molecule has 0 spiro atoms. The molecular formula is C22H26N6. The van der Waals surface area contributed by atoms with E-state index in [0.717, 1.165) is 55.7 Å². The largest absolute Gasteiger partial charge is 0.369 e. The summed E-state index contributed by atoms with van der Waals surface area (Å²) in [7, 11) is 0. The van der Waals surface area contributed by atoms with Crippen LogP contribution in [0.25, 0.3) is 0 Å². The zero-order valence-corrected chi connectivity index (χ0v) is 16.2. The number of hydrogen-bond donors (Lipinski definition) is 3. The Kier molecular flexibility index (Phi) is 6.84. The SMILES string of the molecule is CCCNc1nc(Nc2cccc(C#N)c2)ncc1C#C[C@@H]1CCC[C@H](N)C1. The predicted octanol–water partition coefficient (Wildman–Crippen LogP) is 3.78. The van der Waals surface area contributed by atoms with E-state index in [1.807, 2.05) is 12.1 Å². The summed E-state index contributed by atoms with van der Waals surface area (Å²) >= 11 is 0. The van der Waals surface area contributed by atoms with E-state index in [-0.39, 0.29) is 6.04 Å². The van der Waals surface area contributed by atoms with Gasteiger partial charge in [0.25, 0.3) is 0 Å². The van der Waals surface area contributed by atoms with Gasteiger partial charge in [0.2, 0.25) is 5.95 Å². The molecule has 6 heteroatoms. The number of nitriles is 1. The lowest BCUT2D eigenvalue weighted by atomic mass is 9.86. The van der Waals surface area contributed by atoms with Gasteiger partial charge in [0.05, 0.1) is 23.4 Å². The van der Waals surface area contributed by atoms with Gasteiger partial charge in [-0.1, -0.05) is 31.3 Å². The first kappa shape index (κ1) is 19.7. The highest BCUT2D eigenvalue weighted by Crippen LogP contribution is 2.23. The molecule has 0 bridgehead atoms. The first-order valence-electron chi connectivity index (χ1n) is 9.83. The van der Waals surface area contributed by atoms with Crippen LogP contribution in [-0.2, 0) is 0 Å². The lowest BCUT2D eigenvalue weighted by molar-refractivity contribution is 0.381. The minimum atomic E-state index is 0.262.